The molecule has 1 amide bonds. The quantitative estimate of drug-likeness (QED) is 0.656. The zero-order valence-corrected chi connectivity index (χ0v) is 14.1. The van der Waals surface area contributed by atoms with Gasteiger partial charge in [0.2, 0.25) is 0 Å². The van der Waals surface area contributed by atoms with Crippen molar-refractivity contribution in [1.29, 1.82) is 0 Å². The van der Waals surface area contributed by atoms with Crippen LogP contribution in [0.15, 0.2) is 23.4 Å². The van der Waals surface area contributed by atoms with Crippen LogP contribution in [0.4, 0.5) is 5.69 Å². The van der Waals surface area contributed by atoms with Crippen LogP contribution in [-0.2, 0) is 24.0 Å². The Morgan fingerprint density at radius 2 is 1.88 bits per heavy atom. The van der Waals surface area contributed by atoms with Crippen LogP contribution in [0, 0.1) is 13.8 Å². The maximum atomic E-state index is 12.6. The molecule has 1 heterocycles. The molecule has 1 aliphatic rings. The molecule has 7 nitrogen and oxygen atoms in total. The summed E-state index contributed by atoms with van der Waals surface area (Å²) >= 11 is 0. The van der Waals surface area contributed by atoms with Gasteiger partial charge in [0.25, 0.3) is 11.5 Å². The second-order valence-electron chi connectivity index (χ2n) is 5.74. The van der Waals surface area contributed by atoms with Crippen LogP contribution in [0.1, 0.15) is 31.4 Å². The summed E-state index contributed by atoms with van der Waals surface area (Å²) in [6.45, 7) is 6.85. The molecule has 1 aromatic carbocycles. The van der Waals surface area contributed by atoms with Crippen molar-refractivity contribution in [1.82, 2.24) is 0 Å². The highest BCUT2D eigenvalue weighted by molar-refractivity contribution is 6.39. The Balaban J connectivity index is 2.21. The lowest BCUT2D eigenvalue weighted by atomic mass is 9.92. The Bertz CT molecular complexity index is 705. The minimum absolute atomic E-state index is 0.0809. The molecule has 0 radical (unpaired) electrons. The zero-order valence-electron chi connectivity index (χ0n) is 14.1. The minimum atomic E-state index is -1.85. The first kappa shape index (κ1) is 17.7. The van der Waals surface area contributed by atoms with Crippen LogP contribution in [0.5, 0.6) is 0 Å². The number of carbonyl (C=O) groups excluding carboxylic acids is 3. The fraction of sp³-hybridized carbons (Fsp3) is 0.412. The summed E-state index contributed by atoms with van der Waals surface area (Å²) in [4.78, 5) is 41.5. The van der Waals surface area contributed by atoms with Crippen molar-refractivity contribution in [3.05, 3.63) is 29.3 Å². The highest BCUT2D eigenvalue weighted by atomic mass is 16.7. The average molecular weight is 332 g/mol. The highest BCUT2D eigenvalue weighted by Gasteiger charge is 2.52. The van der Waals surface area contributed by atoms with E-state index in [2.05, 4.69) is 10.5 Å². The molecule has 0 saturated heterocycles. The summed E-state index contributed by atoms with van der Waals surface area (Å²) < 4.78 is 4.84. The zero-order chi connectivity index (χ0) is 17.9. The number of ether oxygens (including phenoxy) is 1. The van der Waals surface area contributed by atoms with Gasteiger partial charge in [-0.3, -0.25) is 9.59 Å². The molecule has 0 bridgehead atoms. The number of amides is 1. The Kier molecular flexibility index (Phi) is 5.02. The highest BCUT2D eigenvalue weighted by Crippen LogP contribution is 2.28. The molecule has 7 heteroatoms. The number of esters is 1. The van der Waals surface area contributed by atoms with Gasteiger partial charge in [-0.25, -0.2) is 4.79 Å². The lowest BCUT2D eigenvalue weighted by Crippen LogP contribution is -2.49. The SMILES string of the molecule is CCOC(=O)C1=NOC(C(C)=O)(C(=O)Nc2cc(C)cc(C)c2)C1. The average Bonchev–Trinajstić information content (AvgIpc) is 2.93. The monoisotopic (exact) mass is 332 g/mol. The summed E-state index contributed by atoms with van der Waals surface area (Å²) in [5, 5.41) is 6.26. The van der Waals surface area contributed by atoms with E-state index in [0.717, 1.165) is 11.1 Å². The standard InChI is InChI=1S/C17H20N2O5/c1-5-23-15(21)14-9-17(12(4)20,24-19-14)16(22)18-13-7-10(2)6-11(3)8-13/h6-8H,5,9H2,1-4H3,(H,18,22). The Labute approximate surface area is 140 Å². The van der Waals surface area contributed by atoms with Crippen molar-refractivity contribution in [2.75, 3.05) is 11.9 Å². The van der Waals surface area contributed by atoms with Crippen molar-refractivity contribution in [2.24, 2.45) is 5.16 Å². The fourth-order valence-corrected chi connectivity index (χ4v) is 2.51. The number of hydrogen-bond acceptors (Lipinski definition) is 6. The number of aryl methyl sites for hydroxylation is 2. The smallest absolute Gasteiger partial charge is 0.356 e. The molecular weight excluding hydrogens is 312 g/mol. The van der Waals surface area contributed by atoms with Gasteiger partial charge in [-0.1, -0.05) is 11.2 Å². The van der Waals surface area contributed by atoms with E-state index < -0.39 is 23.3 Å². The molecular formula is C17H20N2O5. The number of nitrogens with one attached hydrogen (secondary N) is 1. The van der Waals surface area contributed by atoms with E-state index >= 15 is 0 Å². The fourth-order valence-electron chi connectivity index (χ4n) is 2.51. The van der Waals surface area contributed by atoms with E-state index in [-0.39, 0.29) is 18.7 Å². The van der Waals surface area contributed by atoms with Crippen LogP contribution >= 0.6 is 0 Å². The molecule has 1 aromatic rings. The Morgan fingerprint density at radius 1 is 1.25 bits per heavy atom. The molecule has 1 unspecified atom stereocenters. The number of ketones is 1. The molecule has 0 spiro atoms. The van der Waals surface area contributed by atoms with Crippen molar-refractivity contribution >= 4 is 29.1 Å². The summed E-state index contributed by atoms with van der Waals surface area (Å²) in [6, 6.07) is 5.52. The lowest BCUT2D eigenvalue weighted by Gasteiger charge is -2.22. The van der Waals surface area contributed by atoms with Gasteiger partial charge < -0.3 is 14.9 Å². The van der Waals surface area contributed by atoms with E-state index in [0.29, 0.717) is 5.69 Å². The third kappa shape index (κ3) is 3.45. The topological polar surface area (TPSA) is 94.1 Å². The number of nitrogens with zero attached hydrogens (tertiary/aromatic N) is 1. The molecule has 0 saturated carbocycles. The minimum Gasteiger partial charge on any atom is -0.461 e. The van der Waals surface area contributed by atoms with E-state index in [1.165, 1.54) is 6.92 Å². The first-order chi connectivity index (χ1) is 11.3. The number of Topliss-reactive ketones (excluding diaryl/α,β-unsaturated/α-hetero) is 1. The lowest BCUT2D eigenvalue weighted by molar-refractivity contribution is -0.151. The summed E-state index contributed by atoms with van der Waals surface area (Å²) in [7, 11) is 0. The van der Waals surface area contributed by atoms with Gasteiger partial charge in [0.15, 0.2) is 11.5 Å². The van der Waals surface area contributed by atoms with Crippen LogP contribution in [0.25, 0.3) is 0 Å². The maximum Gasteiger partial charge on any atom is 0.356 e. The van der Waals surface area contributed by atoms with Gasteiger partial charge in [0.05, 0.1) is 13.0 Å². The predicted molar refractivity (Wildman–Crippen MR) is 87.7 cm³/mol. The number of carbonyl (C=O) groups is 3. The van der Waals surface area contributed by atoms with Gasteiger partial charge in [-0.15, -0.1) is 0 Å². The van der Waals surface area contributed by atoms with Crippen molar-refractivity contribution in [3.8, 4) is 0 Å². The number of benzene rings is 1. The second-order valence-corrected chi connectivity index (χ2v) is 5.74. The third-order valence-corrected chi connectivity index (χ3v) is 3.65. The first-order valence-corrected chi connectivity index (χ1v) is 7.61. The molecule has 0 aliphatic carbocycles. The summed E-state index contributed by atoms with van der Waals surface area (Å²) in [6.07, 6.45) is -0.252. The first-order valence-electron chi connectivity index (χ1n) is 7.61. The van der Waals surface area contributed by atoms with E-state index in [1.807, 2.05) is 19.9 Å². The van der Waals surface area contributed by atoms with Gasteiger partial charge in [-0.05, 0) is 51.0 Å². The summed E-state index contributed by atoms with van der Waals surface area (Å²) in [5.41, 5.74) is 0.560. The van der Waals surface area contributed by atoms with Crippen LogP contribution in [0.3, 0.4) is 0 Å². The van der Waals surface area contributed by atoms with Crippen LogP contribution < -0.4 is 5.32 Å². The normalized spacial score (nSPS) is 19.2. The van der Waals surface area contributed by atoms with Gasteiger partial charge >= 0.3 is 5.97 Å². The number of rotatable bonds is 5. The van der Waals surface area contributed by atoms with Gasteiger partial charge in [-0.2, -0.15) is 0 Å². The van der Waals surface area contributed by atoms with Crippen molar-refractivity contribution in [2.45, 2.75) is 39.7 Å². The summed E-state index contributed by atoms with van der Waals surface area (Å²) in [5.74, 6) is -1.89. The molecule has 1 aliphatic heterocycles. The molecule has 24 heavy (non-hydrogen) atoms. The van der Waals surface area contributed by atoms with Crippen molar-refractivity contribution < 1.29 is 24.0 Å². The molecule has 0 fully saturated rings. The van der Waals surface area contributed by atoms with E-state index in [1.54, 1.807) is 19.1 Å². The van der Waals surface area contributed by atoms with Crippen molar-refractivity contribution in [3.63, 3.8) is 0 Å². The second kappa shape index (κ2) is 6.82. The number of hydrogen-bond donors (Lipinski definition) is 1. The largest absolute Gasteiger partial charge is 0.461 e. The molecule has 128 valence electrons. The molecule has 1 N–H and O–H groups in total. The van der Waals surface area contributed by atoms with E-state index in [4.69, 9.17) is 9.57 Å². The molecule has 0 aromatic heterocycles. The van der Waals surface area contributed by atoms with Gasteiger partial charge in [0.1, 0.15) is 0 Å². The Hall–Kier alpha value is -2.70. The predicted octanol–water partition coefficient (Wildman–Crippen LogP) is 1.91. The molecule has 2 rings (SSSR count). The number of anilines is 1. The van der Waals surface area contributed by atoms with E-state index in [9.17, 15) is 14.4 Å². The van der Waals surface area contributed by atoms with Gasteiger partial charge in [0, 0.05) is 5.69 Å². The maximum absolute atomic E-state index is 12.6. The molecule has 1 atom stereocenters. The third-order valence-electron chi connectivity index (χ3n) is 3.65. The van der Waals surface area contributed by atoms with Crippen LogP contribution in [-0.4, -0.2) is 35.6 Å². The number of oxime groups is 1. The van der Waals surface area contributed by atoms with Crippen LogP contribution in [0.2, 0.25) is 0 Å². The Morgan fingerprint density at radius 3 is 2.42 bits per heavy atom.